The van der Waals surface area contributed by atoms with Crippen LogP contribution in [-0.2, 0) is 14.3 Å². The van der Waals surface area contributed by atoms with Gasteiger partial charge >= 0.3 is 0 Å². The quantitative estimate of drug-likeness (QED) is 0.431. The van der Waals surface area contributed by atoms with Crippen LogP contribution in [0.1, 0.15) is 0 Å². The van der Waals surface area contributed by atoms with Gasteiger partial charge < -0.3 is 15.0 Å². The largest absolute Gasteiger partial charge is 0.370 e. The monoisotopic (exact) mass is 394 g/mol. The second-order valence-electron chi connectivity index (χ2n) is 6.35. The number of rotatable bonds is 4. The fourth-order valence-corrected chi connectivity index (χ4v) is 4.54. The lowest BCUT2D eigenvalue weighted by molar-refractivity contribution is -0.911. The Labute approximate surface area is 157 Å². The van der Waals surface area contributed by atoms with Crippen LogP contribution in [-0.4, -0.2) is 77.6 Å². The Morgan fingerprint density at radius 1 is 1.50 bits per heavy atom. The number of morpholine rings is 1. The van der Waals surface area contributed by atoms with Gasteiger partial charge in [0.15, 0.2) is 0 Å². The number of nitrogens with two attached hydrogens (primary N) is 1. The standard InChI is InChI=1S/C15H21ClN3O3S.ClH/c1-19(5-7-22-8-6-19)4-2-3-10-9-23-15-11(17)14(21)18(15)12(10)13(16)20;/h2-3,11,15H,4-9,17H2,1H3;1H/q+1;/b3-2+;/t11-,15-;/m1./s1. The highest BCUT2D eigenvalue weighted by Gasteiger charge is 2.51. The van der Waals surface area contributed by atoms with Gasteiger partial charge in [0.2, 0.25) is 5.91 Å². The van der Waals surface area contributed by atoms with Gasteiger partial charge in [0, 0.05) is 5.75 Å². The topological polar surface area (TPSA) is 72.6 Å². The predicted octanol–water partition coefficient (Wildman–Crippen LogP) is 0.703. The first kappa shape index (κ1) is 19.8. The first-order valence-electron chi connectivity index (χ1n) is 7.64. The van der Waals surface area contributed by atoms with E-state index in [1.165, 1.54) is 4.90 Å². The van der Waals surface area contributed by atoms with E-state index in [9.17, 15) is 9.59 Å². The van der Waals surface area contributed by atoms with Crippen LogP contribution in [0, 0.1) is 0 Å². The molecule has 0 radical (unpaired) electrons. The van der Waals surface area contributed by atoms with Crippen molar-refractivity contribution in [2.24, 2.45) is 5.73 Å². The number of fused-ring (bicyclic) bond motifs is 1. The molecule has 3 rings (SSSR count). The molecule has 2 N–H and O–H groups in total. The molecule has 0 aromatic heterocycles. The van der Waals surface area contributed by atoms with Crippen molar-refractivity contribution in [2.45, 2.75) is 11.4 Å². The van der Waals surface area contributed by atoms with Crippen molar-refractivity contribution in [2.75, 3.05) is 45.6 Å². The lowest BCUT2D eigenvalue weighted by Gasteiger charge is -2.48. The summed E-state index contributed by atoms with van der Waals surface area (Å²) in [5, 5.41) is -0.761. The summed E-state index contributed by atoms with van der Waals surface area (Å²) < 4.78 is 6.31. The molecule has 2 saturated heterocycles. The highest BCUT2D eigenvalue weighted by Crippen LogP contribution is 2.40. The number of ether oxygens (including phenoxy) is 1. The number of β-lactam (4-membered cyclic amide) rings is 1. The number of carbonyl (C=O) groups is 2. The van der Waals surface area contributed by atoms with Gasteiger partial charge in [0.1, 0.15) is 30.2 Å². The number of amides is 1. The third-order valence-electron chi connectivity index (χ3n) is 4.64. The summed E-state index contributed by atoms with van der Waals surface area (Å²) in [5.74, 6) is 0.406. The number of carbonyl (C=O) groups excluding carboxylic acids is 2. The van der Waals surface area contributed by atoms with Crippen LogP contribution in [0.25, 0.3) is 0 Å². The summed E-state index contributed by atoms with van der Waals surface area (Å²) in [4.78, 5) is 25.2. The van der Waals surface area contributed by atoms with E-state index < -0.39 is 11.3 Å². The molecule has 0 spiro atoms. The van der Waals surface area contributed by atoms with Crippen LogP contribution >= 0.6 is 35.8 Å². The van der Waals surface area contributed by atoms with E-state index in [1.807, 2.05) is 6.08 Å². The van der Waals surface area contributed by atoms with Crippen LogP contribution in [0.15, 0.2) is 23.4 Å². The molecule has 24 heavy (non-hydrogen) atoms. The van der Waals surface area contributed by atoms with Crippen LogP contribution < -0.4 is 5.73 Å². The van der Waals surface area contributed by atoms with Crippen LogP contribution in [0.2, 0.25) is 0 Å². The van der Waals surface area contributed by atoms with E-state index >= 15 is 0 Å². The third-order valence-corrected chi connectivity index (χ3v) is 6.14. The van der Waals surface area contributed by atoms with Crippen molar-refractivity contribution in [3.8, 4) is 0 Å². The van der Waals surface area contributed by atoms with Gasteiger partial charge in [0.05, 0.1) is 26.8 Å². The Balaban J connectivity index is 0.00000208. The van der Waals surface area contributed by atoms with E-state index in [0.29, 0.717) is 11.4 Å². The molecule has 3 aliphatic heterocycles. The Morgan fingerprint density at radius 3 is 2.79 bits per heavy atom. The molecule has 0 aromatic rings. The Hall–Kier alpha value is -0.570. The Bertz CT molecular complexity index is 591. The van der Waals surface area contributed by atoms with E-state index in [2.05, 4.69) is 13.1 Å². The van der Waals surface area contributed by atoms with E-state index in [1.54, 1.807) is 11.8 Å². The summed E-state index contributed by atoms with van der Waals surface area (Å²) in [7, 11) is 2.19. The molecule has 3 heterocycles. The molecule has 1 amide bonds. The average Bonchev–Trinajstić information content (AvgIpc) is 2.53. The maximum atomic E-state index is 11.9. The smallest absolute Gasteiger partial charge is 0.269 e. The molecular formula is C15H22Cl2N3O3S+. The number of hydrogen-bond acceptors (Lipinski definition) is 5. The summed E-state index contributed by atoms with van der Waals surface area (Å²) >= 11 is 7.29. The number of hydrogen-bond donors (Lipinski definition) is 1. The second kappa shape index (κ2) is 7.76. The average molecular weight is 395 g/mol. The zero-order valence-electron chi connectivity index (χ0n) is 13.4. The second-order valence-corrected chi connectivity index (χ2v) is 7.80. The van der Waals surface area contributed by atoms with Crippen molar-refractivity contribution in [1.29, 1.82) is 0 Å². The molecule has 9 heteroatoms. The zero-order chi connectivity index (χ0) is 16.6. The molecule has 0 saturated carbocycles. The number of thioether (sulfide) groups is 1. The van der Waals surface area contributed by atoms with Gasteiger partial charge in [-0.1, -0.05) is 6.08 Å². The van der Waals surface area contributed by atoms with Gasteiger partial charge in [0.25, 0.3) is 5.24 Å². The minimum Gasteiger partial charge on any atom is -0.370 e. The lowest BCUT2D eigenvalue weighted by Crippen LogP contribution is -2.68. The summed E-state index contributed by atoms with van der Waals surface area (Å²) in [6.07, 6.45) is 3.99. The van der Waals surface area contributed by atoms with Gasteiger partial charge in [-0.3, -0.25) is 14.5 Å². The number of quaternary nitrogens is 1. The molecule has 2 fully saturated rings. The number of halogens is 2. The summed E-state index contributed by atoms with van der Waals surface area (Å²) in [5.41, 5.74) is 6.87. The van der Waals surface area contributed by atoms with E-state index in [0.717, 1.165) is 42.9 Å². The molecule has 2 atom stereocenters. The first-order valence-corrected chi connectivity index (χ1v) is 9.07. The minimum atomic E-state index is -0.595. The van der Waals surface area contributed by atoms with E-state index in [4.69, 9.17) is 22.1 Å². The molecule has 0 unspecified atom stereocenters. The van der Waals surface area contributed by atoms with Gasteiger partial charge in [-0.15, -0.1) is 24.2 Å². The summed E-state index contributed by atoms with van der Waals surface area (Å²) in [6, 6.07) is -0.533. The van der Waals surface area contributed by atoms with Gasteiger partial charge in [-0.25, -0.2) is 0 Å². The molecule has 0 aliphatic carbocycles. The van der Waals surface area contributed by atoms with Crippen LogP contribution in [0.5, 0.6) is 0 Å². The van der Waals surface area contributed by atoms with Crippen molar-refractivity contribution in [3.63, 3.8) is 0 Å². The fourth-order valence-electron chi connectivity index (χ4n) is 3.06. The van der Waals surface area contributed by atoms with Crippen LogP contribution in [0.4, 0.5) is 0 Å². The minimum absolute atomic E-state index is 0. The molecular weight excluding hydrogens is 373 g/mol. The maximum Gasteiger partial charge on any atom is 0.269 e. The van der Waals surface area contributed by atoms with Crippen LogP contribution in [0.3, 0.4) is 0 Å². The SMILES string of the molecule is C[N+]1(C/C=C/C2=C(C(=O)Cl)N3C(=O)[C@@H](N)[C@H]3SC2)CCOCC1.Cl. The summed E-state index contributed by atoms with van der Waals surface area (Å²) in [6.45, 7) is 4.35. The van der Waals surface area contributed by atoms with Crippen molar-refractivity contribution >= 4 is 46.9 Å². The molecule has 6 nitrogen and oxygen atoms in total. The number of allylic oxidation sites excluding steroid dienone is 2. The lowest BCUT2D eigenvalue weighted by atomic mass is 10.0. The highest BCUT2D eigenvalue weighted by molar-refractivity contribution is 8.00. The number of likely N-dealkylation sites (N-methyl/N-ethyl adjacent to an activating group) is 1. The molecule has 0 bridgehead atoms. The predicted molar refractivity (Wildman–Crippen MR) is 96.9 cm³/mol. The van der Waals surface area contributed by atoms with E-state index in [-0.39, 0.29) is 23.7 Å². The fraction of sp³-hybridized carbons (Fsp3) is 0.600. The zero-order valence-corrected chi connectivity index (χ0v) is 15.8. The maximum absolute atomic E-state index is 11.9. The molecule has 0 aromatic carbocycles. The van der Waals surface area contributed by atoms with Crippen molar-refractivity contribution in [1.82, 2.24) is 4.90 Å². The normalized spacial score (nSPS) is 29.1. The molecule has 134 valence electrons. The Morgan fingerprint density at radius 2 is 2.17 bits per heavy atom. The first-order chi connectivity index (χ1) is 10.9. The van der Waals surface area contributed by atoms with Crippen molar-refractivity contribution < 1.29 is 18.8 Å². The number of nitrogens with zero attached hydrogens (tertiary/aromatic N) is 2. The third kappa shape index (κ3) is 3.66. The van der Waals surface area contributed by atoms with Gasteiger partial charge in [-0.2, -0.15) is 0 Å². The molecule has 3 aliphatic rings. The van der Waals surface area contributed by atoms with Crippen molar-refractivity contribution in [3.05, 3.63) is 23.4 Å². The Kier molecular flexibility index (Phi) is 6.39. The highest BCUT2D eigenvalue weighted by atomic mass is 35.5. The van der Waals surface area contributed by atoms with Gasteiger partial charge in [-0.05, 0) is 23.3 Å².